The maximum absolute atomic E-state index is 11.8. The first-order valence-corrected chi connectivity index (χ1v) is 5.85. The van der Waals surface area contributed by atoms with Crippen molar-refractivity contribution in [2.24, 2.45) is 17.6 Å². The summed E-state index contributed by atoms with van der Waals surface area (Å²) in [6, 6.07) is 8.11. The molecule has 1 amide bonds. The molecule has 1 aliphatic heterocycles. The van der Waals surface area contributed by atoms with E-state index in [4.69, 9.17) is 5.73 Å². The largest absolute Gasteiger partial charge is 0.338 e. The van der Waals surface area contributed by atoms with Gasteiger partial charge in [-0.15, -0.1) is 0 Å². The standard InChI is InChI=1S/C13H16N2O/c14-6-9-3-1-2-4-10(9)7-15-8-11-5-12(11)13(15)16/h1-4,11-12H,5-8,14H2. The molecular weight excluding hydrogens is 200 g/mol. The Kier molecular flexibility index (Phi) is 2.21. The summed E-state index contributed by atoms with van der Waals surface area (Å²) in [5, 5.41) is 0. The van der Waals surface area contributed by atoms with E-state index in [0.717, 1.165) is 25.1 Å². The van der Waals surface area contributed by atoms with Gasteiger partial charge in [0.05, 0.1) is 0 Å². The van der Waals surface area contributed by atoms with Crippen LogP contribution < -0.4 is 5.73 Å². The summed E-state index contributed by atoms with van der Waals surface area (Å²) in [5.41, 5.74) is 8.04. The highest BCUT2D eigenvalue weighted by molar-refractivity contribution is 5.84. The van der Waals surface area contributed by atoms with Gasteiger partial charge in [-0.25, -0.2) is 0 Å². The number of nitrogens with two attached hydrogens (primary N) is 1. The maximum atomic E-state index is 11.8. The van der Waals surface area contributed by atoms with Crippen LogP contribution in [0.4, 0.5) is 0 Å². The van der Waals surface area contributed by atoms with Crippen LogP contribution in [0.5, 0.6) is 0 Å². The molecule has 0 radical (unpaired) electrons. The van der Waals surface area contributed by atoms with Crippen LogP contribution in [-0.2, 0) is 17.9 Å². The Bertz CT molecular complexity index is 430. The maximum Gasteiger partial charge on any atom is 0.226 e. The lowest BCUT2D eigenvalue weighted by Gasteiger charge is -2.19. The highest BCUT2D eigenvalue weighted by Gasteiger charge is 2.51. The van der Waals surface area contributed by atoms with Gasteiger partial charge >= 0.3 is 0 Å². The highest BCUT2D eigenvalue weighted by Crippen LogP contribution is 2.46. The summed E-state index contributed by atoms with van der Waals surface area (Å²) in [6.07, 6.45) is 1.12. The lowest BCUT2D eigenvalue weighted by molar-refractivity contribution is -0.130. The normalized spacial score (nSPS) is 27.1. The van der Waals surface area contributed by atoms with Gasteiger partial charge in [-0.05, 0) is 23.5 Å². The predicted octanol–water partition coefficient (Wildman–Crippen LogP) is 1.12. The smallest absolute Gasteiger partial charge is 0.226 e. The van der Waals surface area contributed by atoms with Gasteiger partial charge in [0.15, 0.2) is 0 Å². The Hall–Kier alpha value is -1.35. The van der Waals surface area contributed by atoms with E-state index in [9.17, 15) is 4.79 Å². The van der Waals surface area contributed by atoms with Gasteiger partial charge < -0.3 is 10.6 Å². The number of piperidine rings is 1. The molecular formula is C13H16N2O. The van der Waals surface area contributed by atoms with E-state index < -0.39 is 0 Å². The van der Waals surface area contributed by atoms with Crippen LogP contribution in [0, 0.1) is 11.8 Å². The topological polar surface area (TPSA) is 46.3 Å². The Morgan fingerprint density at radius 3 is 2.69 bits per heavy atom. The van der Waals surface area contributed by atoms with E-state index in [1.165, 1.54) is 5.56 Å². The number of hydrogen-bond donors (Lipinski definition) is 1. The fraction of sp³-hybridized carbons (Fsp3) is 0.462. The number of benzene rings is 1. The van der Waals surface area contributed by atoms with Crippen LogP contribution in [0.1, 0.15) is 17.5 Å². The number of nitrogens with zero attached hydrogens (tertiary/aromatic N) is 1. The van der Waals surface area contributed by atoms with Gasteiger partial charge in [0, 0.05) is 25.6 Å². The van der Waals surface area contributed by atoms with E-state index >= 15 is 0 Å². The third-order valence-corrected chi connectivity index (χ3v) is 3.71. The molecule has 2 fully saturated rings. The number of carbonyl (C=O) groups is 1. The lowest BCUT2D eigenvalue weighted by Crippen LogP contribution is -2.28. The van der Waals surface area contributed by atoms with Crippen molar-refractivity contribution in [3.05, 3.63) is 35.4 Å². The fourth-order valence-electron chi connectivity index (χ4n) is 2.62. The van der Waals surface area contributed by atoms with Gasteiger partial charge in [-0.1, -0.05) is 24.3 Å². The van der Waals surface area contributed by atoms with Crippen molar-refractivity contribution in [2.75, 3.05) is 6.54 Å². The molecule has 1 saturated heterocycles. The molecule has 3 nitrogen and oxygen atoms in total. The number of hydrogen-bond acceptors (Lipinski definition) is 2. The minimum Gasteiger partial charge on any atom is -0.338 e. The van der Waals surface area contributed by atoms with Crippen LogP contribution in [0.25, 0.3) is 0 Å². The molecule has 1 aromatic carbocycles. The molecule has 2 unspecified atom stereocenters. The first-order valence-electron chi connectivity index (χ1n) is 5.85. The van der Waals surface area contributed by atoms with Crippen LogP contribution in [-0.4, -0.2) is 17.4 Å². The molecule has 2 N–H and O–H groups in total. The number of carbonyl (C=O) groups excluding carboxylic acids is 1. The number of rotatable bonds is 3. The van der Waals surface area contributed by atoms with Crippen molar-refractivity contribution < 1.29 is 4.79 Å². The second-order valence-electron chi connectivity index (χ2n) is 4.79. The summed E-state index contributed by atoms with van der Waals surface area (Å²) in [7, 11) is 0. The van der Waals surface area contributed by atoms with Gasteiger partial charge in [0.25, 0.3) is 0 Å². The summed E-state index contributed by atoms with van der Waals surface area (Å²) < 4.78 is 0. The molecule has 16 heavy (non-hydrogen) atoms. The zero-order chi connectivity index (χ0) is 11.1. The van der Waals surface area contributed by atoms with Crippen molar-refractivity contribution in [2.45, 2.75) is 19.5 Å². The Morgan fingerprint density at radius 2 is 2.06 bits per heavy atom. The van der Waals surface area contributed by atoms with E-state index in [2.05, 4.69) is 6.07 Å². The van der Waals surface area contributed by atoms with E-state index in [0.29, 0.717) is 24.3 Å². The molecule has 0 bridgehead atoms. The Morgan fingerprint density at radius 1 is 1.31 bits per heavy atom. The van der Waals surface area contributed by atoms with Crippen molar-refractivity contribution in [1.82, 2.24) is 4.90 Å². The van der Waals surface area contributed by atoms with E-state index in [-0.39, 0.29) is 0 Å². The third kappa shape index (κ3) is 1.52. The zero-order valence-corrected chi connectivity index (χ0v) is 9.23. The molecule has 2 aliphatic rings. The summed E-state index contributed by atoms with van der Waals surface area (Å²) in [6.45, 7) is 2.23. The molecule has 1 aliphatic carbocycles. The van der Waals surface area contributed by atoms with Gasteiger partial charge in [-0.3, -0.25) is 4.79 Å². The Balaban J connectivity index is 1.76. The zero-order valence-electron chi connectivity index (χ0n) is 9.23. The monoisotopic (exact) mass is 216 g/mol. The van der Waals surface area contributed by atoms with Crippen LogP contribution in [0.15, 0.2) is 24.3 Å². The van der Waals surface area contributed by atoms with Crippen LogP contribution in [0.3, 0.4) is 0 Å². The number of likely N-dealkylation sites (tertiary alicyclic amines) is 1. The fourth-order valence-corrected chi connectivity index (χ4v) is 2.62. The van der Waals surface area contributed by atoms with Crippen molar-refractivity contribution in [3.8, 4) is 0 Å². The van der Waals surface area contributed by atoms with Crippen LogP contribution >= 0.6 is 0 Å². The SMILES string of the molecule is NCc1ccccc1CN1CC2CC2C1=O. The minimum atomic E-state index is 0.344. The van der Waals surface area contributed by atoms with E-state index in [1.54, 1.807) is 0 Å². The second kappa shape index (κ2) is 3.59. The lowest BCUT2D eigenvalue weighted by atomic mass is 10.1. The van der Waals surface area contributed by atoms with Gasteiger partial charge in [0.2, 0.25) is 5.91 Å². The molecule has 2 atom stereocenters. The third-order valence-electron chi connectivity index (χ3n) is 3.71. The van der Waals surface area contributed by atoms with Crippen molar-refractivity contribution in [3.63, 3.8) is 0 Å². The molecule has 1 aromatic rings. The minimum absolute atomic E-state index is 0.344. The quantitative estimate of drug-likeness (QED) is 0.823. The molecule has 0 spiro atoms. The molecule has 3 rings (SSSR count). The second-order valence-corrected chi connectivity index (χ2v) is 4.79. The van der Waals surface area contributed by atoms with Gasteiger partial charge in [-0.2, -0.15) is 0 Å². The molecule has 1 saturated carbocycles. The number of amides is 1. The first kappa shape index (κ1) is 9.85. The highest BCUT2D eigenvalue weighted by atomic mass is 16.2. The predicted molar refractivity (Wildman–Crippen MR) is 61.3 cm³/mol. The molecule has 3 heteroatoms. The van der Waals surface area contributed by atoms with Gasteiger partial charge in [0.1, 0.15) is 0 Å². The molecule has 1 heterocycles. The van der Waals surface area contributed by atoms with E-state index in [1.807, 2.05) is 23.1 Å². The Labute approximate surface area is 95.2 Å². The van der Waals surface area contributed by atoms with Crippen molar-refractivity contribution >= 4 is 5.91 Å². The molecule has 84 valence electrons. The average Bonchev–Trinajstić information content (AvgIpc) is 3.01. The summed E-state index contributed by atoms with van der Waals surface area (Å²) in [4.78, 5) is 13.8. The van der Waals surface area contributed by atoms with Crippen LogP contribution in [0.2, 0.25) is 0 Å². The van der Waals surface area contributed by atoms with Crippen molar-refractivity contribution in [1.29, 1.82) is 0 Å². The summed E-state index contributed by atoms with van der Waals surface area (Å²) in [5.74, 6) is 1.35. The molecule has 0 aromatic heterocycles. The average molecular weight is 216 g/mol. The summed E-state index contributed by atoms with van der Waals surface area (Å²) >= 11 is 0. The number of fused-ring (bicyclic) bond motifs is 1. The first-order chi connectivity index (χ1) is 7.79.